The first-order valence-electron chi connectivity index (χ1n) is 6.80. The van der Waals surface area contributed by atoms with E-state index in [0.29, 0.717) is 26.2 Å². The second-order valence-electron chi connectivity index (χ2n) is 4.76. The molecule has 1 aromatic rings. The SMILES string of the molecule is C=CCNCC(=O)N1CCN(c2ccc(F)cc2)CC1. The third-order valence-corrected chi connectivity index (χ3v) is 3.39. The van der Waals surface area contributed by atoms with Gasteiger partial charge in [-0.05, 0) is 24.3 Å². The number of rotatable bonds is 5. The number of halogens is 1. The molecule has 0 spiro atoms. The fraction of sp³-hybridized carbons (Fsp3) is 0.400. The van der Waals surface area contributed by atoms with Crippen LogP contribution in [0.3, 0.4) is 0 Å². The van der Waals surface area contributed by atoms with Gasteiger partial charge in [0.1, 0.15) is 5.82 Å². The number of carbonyl (C=O) groups is 1. The van der Waals surface area contributed by atoms with Crippen molar-refractivity contribution in [2.24, 2.45) is 0 Å². The molecule has 1 aliphatic rings. The molecule has 0 radical (unpaired) electrons. The fourth-order valence-electron chi connectivity index (χ4n) is 2.26. The highest BCUT2D eigenvalue weighted by Crippen LogP contribution is 2.16. The molecule has 1 heterocycles. The largest absolute Gasteiger partial charge is 0.368 e. The van der Waals surface area contributed by atoms with Gasteiger partial charge in [0.05, 0.1) is 6.54 Å². The van der Waals surface area contributed by atoms with Gasteiger partial charge in [-0.2, -0.15) is 0 Å². The summed E-state index contributed by atoms with van der Waals surface area (Å²) in [5, 5.41) is 3.02. The molecule has 1 amide bonds. The highest BCUT2D eigenvalue weighted by atomic mass is 19.1. The summed E-state index contributed by atoms with van der Waals surface area (Å²) in [6, 6.07) is 6.48. The molecule has 0 aliphatic carbocycles. The van der Waals surface area contributed by atoms with Crippen LogP contribution >= 0.6 is 0 Å². The molecule has 1 saturated heterocycles. The molecule has 1 N–H and O–H groups in total. The van der Waals surface area contributed by atoms with Gasteiger partial charge in [0, 0.05) is 38.4 Å². The number of benzene rings is 1. The van der Waals surface area contributed by atoms with Crippen LogP contribution in [0, 0.1) is 5.82 Å². The monoisotopic (exact) mass is 277 g/mol. The van der Waals surface area contributed by atoms with Crippen LogP contribution in [-0.2, 0) is 4.79 Å². The number of carbonyl (C=O) groups excluding carboxylic acids is 1. The van der Waals surface area contributed by atoms with E-state index in [1.54, 1.807) is 18.2 Å². The summed E-state index contributed by atoms with van der Waals surface area (Å²) in [6.45, 7) is 7.54. The van der Waals surface area contributed by atoms with E-state index >= 15 is 0 Å². The molecule has 0 atom stereocenters. The standard InChI is InChI=1S/C15H20FN3O/c1-2-7-17-12-15(20)19-10-8-18(9-11-19)14-5-3-13(16)4-6-14/h2-6,17H,1,7-12H2. The molecule has 1 fully saturated rings. The summed E-state index contributed by atoms with van der Waals surface area (Å²) in [4.78, 5) is 15.9. The first kappa shape index (κ1) is 14.5. The predicted octanol–water partition coefficient (Wildman–Crippen LogP) is 1.25. The van der Waals surface area contributed by atoms with Crippen molar-refractivity contribution < 1.29 is 9.18 Å². The Balaban J connectivity index is 1.81. The van der Waals surface area contributed by atoms with Crippen molar-refractivity contribution in [2.75, 3.05) is 44.2 Å². The van der Waals surface area contributed by atoms with Crippen molar-refractivity contribution in [3.63, 3.8) is 0 Å². The average Bonchev–Trinajstić information content (AvgIpc) is 2.48. The number of piperazine rings is 1. The quantitative estimate of drug-likeness (QED) is 0.650. The van der Waals surface area contributed by atoms with Gasteiger partial charge in [-0.3, -0.25) is 4.79 Å². The Labute approximate surface area is 118 Å². The Kier molecular flexibility index (Phi) is 5.12. The van der Waals surface area contributed by atoms with E-state index in [4.69, 9.17) is 0 Å². The molecular weight excluding hydrogens is 257 g/mol. The molecule has 2 rings (SSSR count). The van der Waals surface area contributed by atoms with Crippen LogP contribution in [0.5, 0.6) is 0 Å². The summed E-state index contributed by atoms with van der Waals surface area (Å²) in [6.07, 6.45) is 1.74. The minimum Gasteiger partial charge on any atom is -0.368 e. The minimum absolute atomic E-state index is 0.116. The van der Waals surface area contributed by atoms with Crippen molar-refractivity contribution in [3.8, 4) is 0 Å². The molecule has 4 nitrogen and oxygen atoms in total. The average molecular weight is 277 g/mol. The lowest BCUT2D eigenvalue weighted by Crippen LogP contribution is -2.50. The zero-order valence-electron chi connectivity index (χ0n) is 11.5. The third-order valence-electron chi connectivity index (χ3n) is 3.39. The normalized spacial score (nSPS) is 15.2. The molecule has 0 saturated carbocycles. The van der Waals surface area contributed by atoms with Crippen LogP contribution < -0.4 is 10.2 Å². The first-order chi connectivity index (χ1) is 9.70. The molecule has 108 valence electrons. The zero-order chi connectivity index (χ0) is 14.4. The molecule has 1 aromatic carbocycles. The van der Waals surface area contributed by atoms with Gasteiger partial charge in [0.15, 0.2) is 0 Å². The summed E-state index contributed by atoms with van der Waals surface area (Å²) >= 11 is 0. The number of amides is 1. The summed E-state index contributed by atoms with van der Waals surface area (Å²) < 4.78 is 12.9. The van der Waals surface area contributed by atoms with E-state index < -0.39 is 0 Å². The second-order valence-corrected chi connectivity index (χ2v) is 4.76. The summed E-state index contributed by atoms with van der Waals surface area (Å²) in [5.74, 6) is -0.110. The topological polar surface area (TPSA) is 35.6 Å². The Morgan fingerprint density at radius 1 is 1.25 bits per heavy atom. The van der Waals surface area contributed by atoms with Crippen LogP contribution in [0.4, 0.5) is 10.1 Å². The first-order valence-corrected chi connectivity index (χ1v) is 6.80. The zero-order valence-corrected chi connectivity index (χ0v) is 11.5. The Hall–Kier alpha value is -1.88. The Morgan fingerprint density at radius 3 is 2.50 bits per heavy atom. The van der Waals surface area contributed by atoms with E-state index in [2.05, 4.69) is 16.8 Å². The maximum absolute atomic E-state index is 12.9. The van der Waals surface area contributed by atoms with Gasteiger partial charge >= 0.3 is 0 Å². The maximum Gasteiger partial charge on any atom is 0.236 e. The van der Waals surface area contributed by atoms with Gasteiger partial charge in [-0.1, -0.05) is 6.08 Å². The smallest absolute Gasteiger partial charge is 0.236 e. The van der Waals surface area contributed by atoms with E-state index in [9.17, 15) is 9.18 Å². The third kappa shape index (κ3) is 3.81. The van der Waals surface area contributed by atoms with E-state index in [-0.39, 0.29) is 11.7 Å². The lowest BCUT2D eigenvalue weighted by Gasteiger charge is -2.36. The molecule has 1 aliphatic heterocycles. The van der Waals surface area contributed by atoms with Crippen molar-refractivity contribution in [1.82, 2.24) is 10.2 Å². The Morgan fingerprint density at radius 2 is 1.90 bits per heavy atom. The molecular formula is C15H20FN3O. The van der Waals surface area contributed by atoms with Crippen LogP contribution in [0.15, 0.2) is 36.9 Å². The molecule has 0 aromatic heterocycles. The van der Waals surface area contributed by atoms with E-state index in [1.165, 1.54) is 12.1 Å². The number of nitrogens with one attached hydrogen (secondary N) is 1. The molecule has 5 heteroatoms. The van der Waals surface area contributed by atoms with Gasteiger partial charge in [-0.25, -0.2) is 4.39 Å². The molecule has 20 heavy (non-hydrogen) atoms. The maximum atomic E-state index is 12.9. The van der Waals surface area contributed by atoms with Gasteiger partial charge in [0.25, 0.3) is 0 Å². The molecule has 0 unspecified atom stereocenters. The lowest BCUT2D eigenvalue weighted by molar-refractivity contribution is -0.130. The number of hydrogen-bond donors (Lipinski definition) is 1. The van der Waals surface area contributed by atoms with Crippen LogP contribution in [0.2, 0.25) is 0 Å². The fourth-order valence-corrected chi connectivity index (χ4v) is 2.26. The van der Waals surface area contributed by atoms with E-state index in [0.717, 1.165) is 18.8 Å². The number of anilines is 1. The predicted molar refractivity (Wildman–Crippen MR) is 78.3 cm³/mol. The highest BCUT2D eigenvalue weighted by molar-refractivity contribution is 5.78. The number of nitrogens with zero attached hydrogens (tertiary/aromatic N) is 2. The van der Waals surface area contributed by atoms with Crippen molar-refractivity contribution in [3.05, 3.63) is 42.7 Å². The van der Waals surface area contributed by atoms with Crippen LogP contribution in [-0.4, -0.2) is 50.1 Å². The van der Waals surface area contributed by atoms with Crippen molar-refractivity contribution in [1.29, 1.82) is 0 Å². The van der Waals surface area contributed by atoms with Crippen LogP contribution in [0.25, 0.3) is 0 Å². The van der Waals surface area contributed by atoms with E-state index in [1.807, 2.05) is 4.90 Å². The second kappa shape index (κ2) is 7.05. The Bertz CT molecular complexity index is 453. The highest BCUT2D eigenvalue weighted by Gasteiger charge is 2.20. The minimum atomic E-state index is -0.226. The molecule has 0 bridgehead atoms. The van der Waals surface area contributed by atoms with Gasteiger partial charge < -0.3 is 15.1 Å². The summed E-state index contributed by atoms with van der Waals surface area (Å²) in [5.41, 5.74) is 1.00. The number of hydrogen-bond acceptors (Lipinski definition) is 3. The van der Waals surface area contributed by atoms with Gasteiger partial charge in [0.2, 0.25) is 5.91 Å². The summed E-state index contributed by atoms with van der Waals surface area (Å²) in [7, 11) is 0. The van der Waals surface area contributed by atoms with Crippen molar-refractivity contribution >= 4 is 11.6 Å². The van der Waals surface area contributed by atoms with Crippen LogP contribution in [0.1, 0.15) is 0 Å². The van der Waals surface area contributed by atoms with Gasteiger partial charge in [-0.15, -0.1) is 6.58 Å². The van der Waals surface area contributed by atoms with Crippen molar-refractivity contribution in [2.45, 2.75) is 0 Å². The lowest BCUT2D eigenvalue weighted by atomic mass is 10.2.